The number of nitrogen functional groups attached to an aromatic ring is 1. The average molecular weight is 349 g/mol. The Morgan fingerprint density at radius 1 is 1.33 bits per heavy atom. The van der Waals surface area contributed by atoms with Gasteiger partial charge >= 0.3 is 0 Å². The van der Waals surface area contributed by atoms with Gasteiger partial charge in [0.15, 0.2) is 9.84 Å². The molecule has 1 aliphatic heterocycles. The van der Waals surface area contributed by atoms with E-state index < -0.39 is 9.84 Å². The summed E-state index contributed by atoms with van der Waals surface area (Å²) >= 11 is 0. The van der Waals surface area contributed by atoms with Crippen LogP contribution in [0.3, 0.4) is 0 Å². The van der Waals surface area contributed by atoms with E-state index in [1.807, 2.05) is 39.0 Å². The van der Waals surface area contributed by atoms with Crippen molar-refractivity contribution in [3.63, 3.8) is 0 Å². The monoisotopic (exact) mass is 349 g/mol. The van der Waals surface area contributed by atoms with Gasteiger partial charge in [0.2, 0.25) is 0 Å². The van der Waals surface area contributed by atoms with E-state index in [0.717, 1.165) is 22.6 Å². The third-order valence-corrected chi connectivity index (χ3v) is 5.90. The molecule has 0 bridgehead atoms. The molecule has 3 rings (SSSR count). The summed E-state index contributed by atoms with van der Waals surface area (Å²) in [5.41, 5.74) is 8.77. The highest BCUT2D eigenvalue weighted by Gasteiger charge is 2.31. The van der Waals surface area contributed by atoms with Gasteiger partial charge in [0.1, 0.15) is 11.6 Å². The zero-order valence-corrected chi connectivity index (χ0v) is 15.0. The van der Waals surface area contributed by atoms with Crippen LogP contribution < -0.4 is 10.5 Å². The molecule has 0 unspecified atom stereocenters. The topological polar surface area (TPSA) is 87.2 Å². The summed E-state index contributed by atoms with van der Waals surface area (Å²) in [6.07, 6.45) is 0.683. The van der Waals surface area contributed by atoms with Gasteiger partial charge in [-0.3, -0.25) is 0 Å². The van der Waals surface area contributed by atoms with Gasteiger partial charge in [-0.1, -0.05) is 0 Å². The molecule has 0 saturated carbocycles. The number of nitrogens with zero attached hydrogens (tertiary/aromatic N) is 2. The van der Waals surface area contributed by atoms with Crippen LogP contribution >= 0.6 is 0 Å². The third kappa shape index (κ3) is 3.40. The summed E-state index contributed by atoms with van der Waals surface area (Å²) in [4.78, 5) is 0. The number of hydrogen-bond acceptors (Lipinski definition) is 5. The van der Waals surface area contributed by atoms with Gasteiger partial charge in [0, 0.05) is 11.6 Å². The number of nitrogens with two attached hydrogens (primary N) is 1. The lowest BCUT2D eigenvalue weighted by Gasteiger charge is -2.13. The zero-order chi connectivity index (χ0) is 17.5. The molecule has 0 spiro atoms. The Labute approximate surface area is 142 Å². The minimum Gasteiger partial charge on any atom is -0.491 e. The molecule has 2 aromatic rings. The van der Waals surface area contributed by atoms with E-state index in [9.17, 15) is 8.42 Å². The smallest absolute Gasteiger partial charge is 0.152 e. The predicted molar refractivity (Wildman–Crippen MR) is 94.9 cm³/mol. The first-order chi connectivity index (χ1) is 11.2. The van der Waals surface area contributed by atoms with Gasteiger partial charge in [-0.2, -0.15) is 5.10 Å². The van der Waals surface area contributed by atoms with Gasteiger partial charge in [0.25, 0.3) is 0 Å². The second kappa shape index (κ2) is 6.12. The molecule has 7 heteroatoms. The maximum Gasteiger partial charge on any atom is 0.152 e. The molecule has 6 nitrogen and oxygen atoms in total. The molecule has 1 aromatic carbocycles. The molecule has 1 atom stereocenters. The van der Waals surface area contributed by atoms with Crippen molar-refractivity contribution in [2.75, 3.05) is 17.2 Å². The summed E-state index contributed by atoms with van der Waals surface area (Å²) < 4.78 is 30.8. The highest BCUT2D eigenvalue weighted by atomic mass is 32.2. The molecule has 1 aliphatic rings. The van der Waals surface area contributed by atoms with Crippen molar-refractivity contribution in [1.82, 2.24) is 9.78 Å². The summed E-state index contributed by atoms with van der Waals surface area (Å²) in [7, 11) is -2.97. The van der Waals surface area contributed by atoms with Gasteiger partial charge < -0.3 is 10.5 Å². The number of anilines is 1. The highest BCUT2D eigenvalue weighted by molar-refractivity contribution is 7.91. The quantitative estimate of drug-likeness (QED) is 0.917. The van der Waals surface area contributed by atoms with Crippen LogP contribution in [0.2, 0.25) is 0 Å². The van der Waals surface area contributed by atoms with Gasteiger partial charge in [-0.25, -0.2) is 13.1 Å². The summed E-state index contributed by atoms with van der Waals surface area (Å²) in [5, 5.41) is 4.55. The van der Waals surface area contributed by atoms with Crippen LogP contribution in [0.15, 0.2) is 24.3 Å². The number of hydrogen-bond donors (Lipinski definition) is 1. The molecule has 0 amide bonds. The van der Waals surface area contributed by atoms with Crippen LogP contribution in [-0.4, -0.2) is 35.8 Å². The molecule has 130 valence electrons. The Morgan fingerprint density at radius 2 is 2.08 bits per heavy atom. The Hall–Kier alpha value is -2.02. The lowest BCUT2D eigenvalue weighted by atomic mass is 10.1. The van der Waals surface area contributed by atoms with Crippen LogP contribution in [0, 0.1) is 6.92 Å². The molecule has 2 heterocycles. The molecule has 1 aromatic heterocycles. The molecule has 2 N–H and O–H groups in total. The first kappa shape index (κ1) is 16.8. The lowest BCUT2D eigenvalue weighted by molar-refractivity contribution is 0.241. The van der Waals surface area contributed by atoms with E-state index in [0.29, 0.717) is 12.2 Å². The minimum atomic E-state index is -2.97. The highest BCUT2D eigenvalue weighted by Crippen LogP contribution is 2.31. The van der Waals surface area contributed by atoms with Crippen molar-refractivity contribution in [2.24, 2.45) is 0 Å². The molecular formula is C17H23N3O3S. The Balaban J connectivity index is 1.89. The number of sulfone groups is 1. The van der Waals surface area contributed by atoms with E-state index in [1.54, 1.807) is 10.7 Å². The van der Waals surface area contributed by atoms with E-state index >= 15 is 0 Å². The summed E-state index contributed by atoms with van der Waals surface area (Å²) in [6.45, 7) is 5.97. The second-order valence-corrected chi connectivity index (χ2v) is 8.83. The van der Waals surface area contributed by atoms with Crippen LogP contribution in [0.4, 0.5) is 5.82 Å². The zero-order valence-electron chi connectivity index (χ0n) is 14.2. The maximum atomic E-state index is 11.7. The number of benzene rings is 1. The molecule has 0 aliphatic carbocycles. The minimum absolute atomic E-state index is 0.110. The number of aromatic nitrogens is 2. The summed E-state index contributed by atoms with van der Waals surface area (Å²) in [6, 6.07) is 7.51. The molecule has 24 heavy (non-hydrogen) atoms. The first-order valence-electron chi connectivity index (χ1n) is 8.08. The van der Waals surface area contributed by atoms with Crippen LogP contribution in [0.5, 0.6) is 5.75 Å². The predicted octanol–water partition coefficient (Wildman–Crippen LogP) is 2.59. The SMILES string of the molecule is Cc1cc(-c2cc(N)n([C@@H]3CCS(=O)(=O)C3)n2)ccc1OC(C)C. The Kier molecular flexibility index (Phi) is 4.29. The maximum absolute atomic E-state index is 11.7. The van der Waals surface area contributed by atoms with Crippen LogP contribution in [0.1, 0.15) is 31.9 Å². The molecule has 1 saturated heterocycles. The normalized spacial score (nSPS) is 19.8. The van der Waals surface area contributed by atoms with E-state index in [2.05, 4.69) is 5.10 Å². The van der Waals surface area contributed by atoms with Crippen molar-refractivity contribution in [3.8, 4) is 17.0 Å². The van der Waals surface area contributed by atoms with Crippen LogP contribution in [-0.2, 0) is 9.84 Å². The Bertz CT molecular complexity index is 856. The van der Waals surface area contributed by atoms with Gasteiger partial charge in [-0.05, 0) is 51.0 Å². The second-order valence-electron chi connectivity index (χ2n) is 6.60. The molecular weight excluding hydrogens is 326 g/mol. The van der Waals surface area contributed by atoms with E-state index in [-0.39, 0.29) is 23.7 Å². The van der Waals surface area contributed by atoms with Crippen molar-refractivity contribution in [1.29, 1.82) is 0 Å². The lowest BCUT2D eigenvalue weighted by Crippen LogP contribution is -2.14. The number of aryl methyl sites for hydroxylation is 1. The fourth-order valence-corrected chi connectivity index (χ4v) is 4.70. The fourth-order valence-electron chi connectivity index (χ4n) is 3.01. The van der Waals surface area contributed by atoms with E-state index in [4.69, 9.17) is 10.5 Å². The fraction of sp³-hybridized carbons (Fsp3) is 0.471. The first-order valence-corrected chi connectivity index (χ1v) is 9.90. The van der Waals surface area contributed by atoms with Gasteiger partial charge in [0.05, 0.1) is 29.3 Å². The van der Waals surface area contributed by atoms with E-state index in [1.165, 1.54) is 0 Å². The average Bonchev–Trinajstić information content (AvgIpc) is 3.03. The largest absolute Gasteiger partial charge is 0.491 e. The standard InChI is InChI=1S/C17H23N3O3S/c1-11(2)23-16-5-4-13(8-12(16)3)15-9-17(18)20(19-15)14-6-7-24(21,22)10-14/h4-5,8-9,11,14H,6-7,10,18H2,1-3H3/t14-/m1/s1. The van der Waals surface area contributed by atoms with Crippen molar-refractivity contribution in [2.45, 2.75) is 39.3 Å². The molecule has 1 fully saturated rings. The van der Waals surface area contributed by atoms with Gasteiger partial charge in [-0.15, -0.1) is 0 Å². The van der Waals surface area contributed by atoms with Crippen LogP contribution in [0.25, 0.3) is 11.3 Å². The molecule has 0 radical (unpaired) electrons. The number of ether oxygens (including phenoxy) is 1. The number of rotatable bonds is 4. The van der Waals surface area contributed by atoms with Crippen molar-refractivity contribution < 1.29 is 13.2 Å². The summed E-state index contributed by atoms with van der Waals surface area (Å²) in [5.74, 6) is 1.65. The van der Waals surface area contributed by atoms with Crippen molar-refractivity contribution in [3.05, 3.63) is 29.8 Å². The third-order valence-electron chi connectivity index (χ3n) is 4.15. The Morgan fingerprint density at radius 3 is 2.67 bits per heavy atom. The van der Waals surface area contributed by atoms with Crippen molar-refractivity contribution >= 4 is 15.7 Å².